The molecule has 0 radical (unpaired) electrons. The van der Waals surface area contributed by atoms with Crippen LogP contribution in [0.2, 0.25) is 0 Å². The van der Waals surface area contributed by atoms with E-state index >= 15 is 0 Å². The molecule has 1 aliphatic carbocycles. The van der Waals surface area contributed by atoms with Crippen molar-refractivity contribution >= 4 is 22.3 Å². The van der Waals surface area contributed by atoms with E-state index < -0.39 is 5.97 Å². The minimum atomic E-state index is -0.927. The molecule has 1 saturated carbocycles. The molecule has 0 atom stereocenters. The second-order valence-corrected chi connectivity index (χ2v) is 10.8. The SMILES string of the molecule is O=C(O)c1ccc(-c2cnc3sc(-c4ccc(C5CCN(C6CCCCC6)CC5)cc4)nn23)cc1. The summed E-state index contributed by atoms with van der Waals surface area (Å²) in [7, 11) is 0. The second-order valence-electron chi connectivity index (χ2n) is 9.85. The number of fused-ring (bicyclic) bond motifs is 1. The van der Waals surface area contributed by atoms with Gasteiger partial charge in [-0.3, -0.25) is 0 Å². The van der Waals surface area contributed by atoms with Gasteiger partial charge in [0, 0.05) is 17.2 Å². The summed E-state index contributed by atoms with van der Waals surface area (Å²) in [5, 5.41) is 14.9. The normalized spacial score (nSPS) is 18.3. The highest BCUT2D eigenvalue weighted by Crippen LogP contribution is 2.34. The average molecular weight is 487 g/mol. The number of aromatic carboxylic acids is 1. The molecule has 1 saturated heterocycles. The lowest BCUT2D eigenvalue weighted by atomic mass is 9.86. The summed E-state index contributed by atoms with van der Waals surface area (Å²) in [4.78, 5) is 19.3. The third kappa shape index (κ3) is 4.50. The number of aromatic nitrogens is 3. The maximum absolute atomic E-state index is 11.1. The lowest BCUT2D eigenvalue weighted by molar-refractivity contribution is 0.0697. The van der Waals surface area contributed by atoms with Crippen LogP contribution in [0.15, 0.2) is 54.7 Å². The van der Waals surface area contributed by atoms with E-state index in [2.05, 4.69) is 34.1 Å². The second kappa shape index (κ2) is 9.55. The molecule has 180 valence electrons. The highest BCUT2D eigenvalue weighted by molar-refractivity contribution is 7.19. The molecule has 6 rings (SSSR count). The van der Waals surface area contributed by atoms with E-state index in [1.807, 2.05) is 4.52 Å². The molecule has 2 aromatic heterocycles. The number of benzene rings is 2. The van der Waals surface area contributed by atoms with Crippen LogP contribution in [-0.2, 0) is 0 Å². The van der Waals surface area contributed by atoms with E-state index in [0.717, 1.165) is 32.8 Å². The third-order valence-corrected chi connectivity index (χ3v) is 8.73. The number of piperidine rings is 1. The van der Waals surface area contributed by atoms with Crippen molar-refractivity contribution in [2.24, 2.45) is 0 Å². The zero-order valence-corrected chi connectivity index (χ0v) is 20.6. The largest absolute Gasteiger partial charge is 0.478 e. The molecule has 0 spiro atoms. The fourth-order valence-corrected chi connectivity index (χ4v) is 6.61. The van der Waals surface area contributed by atoms with E-state index in [1.165, 1.54) is 63.6 Å². The number of nitrogens with zero attached hydrogens (tertiary/aromatic N) is 4. The third-order valence-electron chi connectivity index (χ3n) is 7.76. The van der Waals surface area contributed by atoms with Gasteiger partial charge in [-0.2, -0.15) is 5.10 Å². The summed E-state index contributed by atoms with van der Waals surface area (Å²) in [6, 6.07) is 16.6. The van der Waals surface area contributed by atoms with E-state index in [0.29, 0.717) is 5.92 Å². The van der Waals surface area contributed by atoms with E-state index in [4.69, 9.17) is 10.2 Å². The number of carboxylic acids is 1. The Morgan fingerprint density at radius 2 is 1.57 bits per heavy atom. The monoisotopic (exact) mass is 486 g/mol. The molecule has 3 heterocycles. The molecular formula is C28H30N4O2S. The Morgan fingerprint density at radius 3 is 2.26 bits per heavy atom. The minimum absolute atomic E-state index is 0.272. The first-order valence-electron chi connectivity index (χ1n) is 12.7. The van der Waals surface area contributed by atoms with E-state index in [9.17, 15) is 4.79 Å². The van der Waals surface area contributed by atoms with Gasteiger partial charge in [0.1, 0.15) is 5.01 Å². The number of carbonyl (C=O) groups is 1. The minimum Gasteiger partial charge on any atom is -0.478 e. The Labute approximate surface area is 209 Å². The van der Waals surface area contributed by atoms with Gasteiger partial charge in [-0.05, 0) is 62.4 Å². The summed E-state index contributed by atoms with van der Waals surface area (Å²) in [5.41, 5.74) is 4.58. The zero-order chi connectivity index (χ0) is 23.8. The van der Waals surface area contributed by atoms with E-state index in [-0.39, 0.29) is 5.56 Å². The Kier molecular flexibility index (Phi) is 6.12. The number of rotatable bonds is 5. The van der Waals surface area contributed by atoms with Gasteiger partial charge < -0.3 is 10.0 Å². The first kappa shape index (κ1) is 22.4. The van der Waals surface area contributed by atoms with Gasteiger partial charge in [-0.15, -0.1) is 0 Å². The van der Waals surface area contributed by atoms with Crippen LogP contribution in [0.1, 0.15) is 66.8 Å². The predicted octanol–water partition coefficient (Wildman–Crippen LogP) is 6.34. The zero-order valence-electron chi connectivity index (χ0n) is 19.8. The van der Waals surface area contributed by atoms with Gasteiger partial charge in [0.05, 0.1) is 17.5 Å². The van der Waals surface area contributed by atoms with Crippen molar-refractivity contribution in [3.8, 4) is 21.8 Å². The standard InChI is InChI=1S/C28H30N4O2S/c33-27(34)23-12-8-21(9-13-23)25-18-29-28-32(25)30-26(35-28)22-10-6-19(7-11-22)20-14-16-31(17-15-20)24-4-2-1-3-5-24/h6-13,18,20,24H,1-5,14-17H2,(H,33,34). The van der Waals surface area contributed by atoms with Crippen LogP contribution in [0.3, 0.4) is 0 Å². The highest BCUT2D eigenvalue weighted by Gasteiger charge is 2.27. The van der Waals surface area contributed by atoms with Gasteiger partial charge in [-0.25, -0.2) is 14.3 Å². The number of hydrogen-bond acceptors (Lipinski definition) is 5. The van der Waals surface area contributed by atoms with Crippen molar-refractivity contribution in [3.63, 3.8) is 0 Å². The van der Waals surface area contributed by atoms with Crippen molar-refractivity contribution in [2.75, 3.05) is 13.1 Å². The molecule has 7 heteroatoms. The van der Waals surface area contributed by atoms with Crippen LogP contribution in [0, 0.1) is 0 Å². The maximum atomic E-state index is 11.1. The van der Waals surface area contributed by atoms with Gasteiger partial charge in [0.25, 0.3) is 0 Å². The molecule has 1 aliphatic heterocycles. The predicted molar refractivity (Wildman–Crippen MR) is 139 cm³/mol. The van der Waals surface area contributed by atoms with Crippen molar-refractivity contribution in [3.05, 3.63) is 65.9 Å². The molecule has 0 amide bonds. The summed E-state index contributed by atoms with van der Waals surface area (Å²) >= 11 is 1.57. The Balaban J connectivity index is 1.16. The van der Waals surface area contributed by atoms with Crippen LogP contribution in [0.4, 0.5) is 0 Å². The summed E-state index contributed by atoms with van der Waals surface area (Å²) in [6.07, 6.45) is 11.3. The number of hydrogen-bond donors (Lipinski definition) is 1. The van der Waals surface area contributed by atoms with Gasteiger partial charge in [0.2, 0.25) is 4.96 Å². The molecule has 0 bridgehead atoms. The van der Waals surface area contributed by atoms with Gasteiger partial charge in [0.15, 0.2) is 0 Å². The Hall–Kier alpha value is -3.03. The van der Waals surface area contributed by atoms with Gasteiger partial charge in [-0.1, -0.05) is 67.0 Å². The topological polar surface area (TPSA) is 70.7 Å². The summed E-state index contributed by atoms with van der Waals surface area (Å²) in [6.45, 7) is 2.47. The summed E-state index contributed by atoms with van der Waals surface area (Å²) in [5.74, 6) is -0.276. The quantitative estimate of drug-likeness (QED) is 0.357. The molecule has 0 unspecified atom stereocenters. The van der Waals surface area contributed by atoms with E-state index in [1.54, 1.807) is 41.8 Å². The van der Waals surface area contributed by atoms with Crippen molar-refractivity contribution < 1.29 is 9.90 Å². The first-order valence-corrected chi connectivity index (χ1v) is 13.5. The molecule has 2 fully saturated rings. The fourth-order valence-electron chi connectivity index (χ4n) is 5.73. The molecular weight excluding hydrogens is 456 g/mol. The number of imidazole rings is 1. The van der Waals surface area contributed by atoms with Crippen LogP contribution < -0.4 is 0 Å². The van der Waals surface area contributed by atoms with Crippen molar-refractivity contribution in [1.82, 2.24) is 19.5 Å². The Morgan fingerprint density at radius 1 is 0.886 bits per heavy atom. The number of carboxylic acid groups (broad SMARTS) is 1. The maximum Gasteiger partial charge on any atom is 0.335 e. The molecule has 4 aromatic rings. The Bertz CT molecular complexity index is 1310. The lowest BCUT2D eigenvalue weighted by Crippen LogP contribution is -2.41. The molecule has 6 nitrogen and oxygen atoms in total. The van der Waals surface area contributed by atoms with Crippen molar-refractivity contribution in [2.45, 2.75) is 56.9 Å². The van der Waals surface area contributed by atoms with Crippen LogP contribution >= 0.6 is 11.3 Å². The van der Waals surface area contributed by atoms with Crippen molar-refractivity contribution in [1.29, 1.82) is 0 Å². The van der Waals surface area contributed by atoms with Crippen LogP contribution in [0.5, 0.6) is 0 Å². The molecule has 35 heavy (non-hydrogen) atoms. The number of likely N-dealkylation sites (tertiary alicyclic amines) is 1. The first-order chi connectivity index (χ1) is 17.2. The van der Waals surface area contributed by atoms with Crippen LogP contribution in [-0.4, -0.2) is 49.7 Å². The summed E-state index contributed by atoms with van der Waals surface area (Å²) < 4.78 is 1.85. The smallest absolute Gasteiger partial charge is 0.335 e. The van der Waals surface area contributed by atoms with Gasteiger partial charge >= 0.3 is 5.97 Å². The molecule has 2 aromatic carbocycles. The highest BCUT2D eigenvalue weighted by atomic mass is 32.1. The fraction of sp³-hybridized carbons (Fsp3) is 0.393. The molecule has 1 N–H and O–H groups in total. The van der Waals surface area contributed by atoms with Crippen LogP contribution in [0.25, 0.3) is 26.8 Å². The lowest BCUT2D eigenvalue weighted by Gasteiger charge is -2.39. The molecule has 2 aliphatic rings. The average Bonchev–Trinajstić information content (AvgIpc) is 3.51.